The zero-order chi connectivity index (χ0) is 24.1. The summed E-state index contributed by atoms with van der Waals surface area (Å²) in [6, 6.07) is 15.2. The van der Waals surface area contributed by atoms with Crippen LogP contribution in [0, 0.1) is 0 Å². The van der Waals surface area contributed by atoms with Crippen LogP contribution in [0.2, 0.25) is 0 Å². The molecular formula is C27H32N2O5. The predicted octanol–water partition coefficient (Wildman–Crippen LogP) is 4.55. The second-order valence-electron chi connectivity index (χ2n) is 9.09. The molecule has 1 heterocycles. The van der Waals surface area contributed by atoms with E-state index in [0.29, 0.717) is 25.8 Å². The van der Waals surface area contributed by atoms with Crippen molar-refractivity contribution in [3.8, 4) is 11.1 Å². The summed E-state index contributed by atoms with van der Waals surface area (Å²) in [5, 5.41) is 12.0. The first-order chi connectivity index (χ1) is 16.5. The quantitative estimate of drug-likeness (QED) is 0.598. The van der Waals surface area contributed by atoms with Crippen molar-refractivity contribution in [2.75, 3.05) is 13.2 Å². The van der Waals surface area contributed by atoms with Gasteiger partial charge < -0.3 is 20.1 Å². The minimum atomic E-state index is -0.916. The third-order valence-corrected chi connectivity index (χ3v) is 6.83. The van der Waals surface area contributed by atoms with Crippen molar-refractivity contribution in [3.63, 3.8) is 0 Å². The topological polar surface area (TPSA) is 95.9 Å². The molecule has 34 heavy (non-hydrogen) atoms. The van der Waals surface area contributed by atoms with Crippen LogP contribution in [0.4, 0.5) is 4.79 Å². The minimum Gasteiger partial charge on any atom is -0.481 e. The van der Waals surface area contributed by atoms with E-state index in [1.807, 2.05) is 31.2 Å². The van der Waals surface area contributed by atoms with Crippen LogP contribution in [-0.4, -0.2) is 53.2 Å². The highest BCUT2D eigenvalue weighted by Crippen LogP contribution is 2.44. The Morgan fingerprint density at radius 1 is 1.06 bits per heavy atom. The number of alkyl carbamates (subject to hydrolysis) is 1. The number of carboxylic acid groups (broad SMARTS) is 1. The minimum absolute atomic E-state index is 0.0551. The van der Waals surface area contributed by atoms with Gasteiger partial charge in [-0.1, -0.05) is 61.9 Å². The molecule has 7 heteroatoms. The fourth-order valence-electron chi connectivity index (χ4n) is 5.23. The molecule has 0 radical (unpaired) electrons. The molecule has 2 atom stereocenters. The number of amides is 2. The van der Waals surface area contributed by atoms with Crippen molar-refractivity contribution in [2.24, 2.45) is 0 Å². The predicted molar refractivity (Wildman–Crippen MR) is 129 cm³/mol. The lowest BCUT2D eigenvalue weighted by atomic mass is 9.97. The summed E-state index contributed by atoms with van der Waals surface area (Å²) in [6.07, 6.45) is 2.89. The molecule has 2 aromatic rings. The fourth-order valence-corrected chi connectivity index (χ4v) is 5.23. The number of carbonyl (C=O) groups excluding carboxylic acids is 2. The summed E-state index contributed by atoms with van der Waals surface area (Å²) in [5.74, 6) is -1.19. The zero-order valence-electron chi connectivity index (χ0n) is 19.5. The largest absolute Gasteiger partial charge is 0.481 e. The lowest BCUT2D eigenvalue weighted by molar-refractivity contribution is -0.143. The van der Waals surface area contributed by atoms with Crippen molar-refractivity contribution >= 4 is 18.0 Å². The lowest BCUT2D eigenvalue weighted by Gasteiger charge is -2.37. The number of carboxylic acids is 1. The molecule has 2 aromatic carbocycles. The standard InChI is InChI=1S/C27H32N2O5/c1-2-9-24(26(32)29-15-8-7-10-18(29)16-25(30)31)28-27(33)34-17-23-21-13-5-3-11-19(21)20-12-4-6-14-22(20)23/h3-6,11-14,18,23-24H,2,7-10,15-17H2,1H3,(H,28,33)(H,30,31)/t18-,24?/m1/s1. The Balaban J connectivity index is 1.42. The van der Waals surface area contributed by atoms with E-state index in [4.69, 9.17) is 4.74 Å². The Morgan fingerprint density at radius 2 is 1.71 bits per heavy atom. The number of nitrogens with one attached hydrogen (secondary N) is 1. The summed E-state index contributed by atoms with van der Waals surface area (Å²) in [6.45, 7) is 2.65. The normalized spacial score (nSPS) is 18.0. The summed E-state index contributed by atoms with van der Waals surface area (Å²) >= 11 is 0. The molecule has 180 valence electrons. The number of rotatable bonds is 8. The van der Waals surface area contributed by atoms with E-state index >= 15 is 0 Å². The Morgan fingerprint density at radius 3 is 2.32 bits per heavy atom. The van der Waals surface area contributed by atoms with Gasteiger partial charge in [0.2, 0.25) is 5.91 Å². The molecule has 4 rings (SSSR count). The van der Waals surface area contributed by atoms with Crippen LogP contribution in [-0.2, 0) is 14.3 Å². The van der Waals surface area contributed by atoms with Gasteiger partial charge >= 0.3 is 12.1 Å². The smallest absolute Gasteiger partial charge is 0.407 e. The maximum Gasteiger partial charge on any atom is 0.407 e. The number of hydrogen-bond donors (Lipinski definition) is 2. The molecule has 1 aliphatic carbocycles. The number of aliphatic carboxylic acids is 1. The number of hydrogen-bond acceptors (Lipinski definition) is 4. The van der Waals surface area contributed by atoms with E-state index in [1.54, 1.807) is 4.90 Å². The van der Waals surface area contributed by atoms with Gasteiger partial charge in [0.1, 0.15) is 12.6 Å². The molecule has 0 saturated carbocycles. The maximum absolute atomic E-state index is 13.3. The highest BCUT2D eigenvalue weighted by Gasteiger charge is 2.34. The van der Waals surface area contributed by atoms with Crippen molar-refractivity contribution in [3.05, 3.63) is 59.7 Å². The molecule has 2 aliphatic rings. The van der Waals surface area contributed by atoms with E-state index < -0.39 is 18.1 Å². The van der Waals surface area contributed by atoms with E-state index in [2.05, 4.69) is 29.6 Å². The number of piperidine rings is 1. The van der Waals surface area contributed by atoms with Gasteiger partial charge in [0, 0.05) is 18.5 Å². The maximum atomic E-state index is 13.3. The molecule has 2 amide bonds. The van der Waals surface area contributed by atoms with Gasteiger partial charge in [-0.25, -0.2) is 4.79 Å². The first kappa shape index (κ1) is 23.8. The molecule has 0 spiro atoms. The molecular weight excluding hydrogens is 432 g/mol. The molecule has 1 fully saturated rings. The van der Waals surface area contributed by atoms with E-state index in [0.717, 1.165) is 35.1 Å². The van der Waals surface area contributed by atoms with Gasteiger partial charge in [0.05, 0.1) is 6.42 Å². The van der Waals surface area contributed by atoms with Gasteiger partial charge in [0.15, 0.2) is 0 Å². The van der Waals surface area contributed by atoms with E-state index in [9.17, 15) is 19.5 Å². The summed E-state index contributed by atoms with van der Waals surface area (Å²) in [5.41, 5.74) is 4.56. The number of nitrogens with zero attached hydrogens (tertiary/aromatic N) is 1. The van der Waals surface area contributed by atoms with Crippen LogP contribution < -0.4 is 5.32 Å². The Hall–Kier alpha value is -3.35. The van der Waals surface area contributed by atoms with Gasteiger partial charge in [-0.3, -0.25) is 9.59 Å². The number of likely N-dealkylation sites (tertiary alicyclic amines) is 1. The van der Waals surface area contributed by atoms with Crippen LogP contribution in [0.15, 0.2) is 48.5 Å². The number of carbonyl (C=O) groups is 3. The molecule has 2 N–H and O–H groups in total. The van der Waals surface area contributed by atoms with Gasteiger partial charge in [-0.2, -0.15) is 0 Å². The molecule has 1 aliphatic heterocycles. The van der Waals surface area contributed by atoms with E-state index in [1.165, 1.54) is 0 Å². The average Bonchev–Trinajstić information content (AvgIpc) is 3.16. The van der Waals surface area contributed by atoms with Crippen LogP contribution in [0.1, 0.15) is 62.5 Å². The van der Waals surface area contributed by atoms with Crippen molar-refractivity contribution in [1.82, 2.24) is 10.2 Å². The number of ether oxygens (including phenoxy) is 1. The van der Waals surface area contributed by atoms with Crippen LogP contribution in [0.25, 0.3) is 11.1 Å². The zero-order valence-corrected chi connectivity index (χ0v) is 19.5. The Labute approximate surface area is 200 Å². The highest BCUT2D eigenvalue weighted by atomic mass is 16.5. The molecule has 1 unspecified atom stereocenters. The van der Waals surface area contributed by atoms with Crippen molar-refractivity contribution in [2.45, 2.75) is 63.5 Å². The third-order valence-electron chi connectivity index (χ3n) is 6.83. The van der Waals surface area contributed by atoms with Crippen molar-refractivity contribution in [1.29, 1.82) is 0 Å². The van der Waals surface area contributed by atoms with Gasteiger partial charge in [-0.15, -0.1) is 0 Å². The molecule has 1 saturated heterocycles. The van der Waals surface area contributed by atoms with Crippen LogP contribution in [0.5, 0.6) is 0 Å². The molecule has 0 aromatic heterocycles. The average molecular weight is 465 g/mol. The summed E-state index contributed by atoms with van der Waals surface area (Å²) < 4.78 is 5.63. The second kappa shape index (κ2) is 10.7. The Bertz CT molecular complexity index is 1010. The van der Waals surface area contributed by atoms with E-state index in [-0.39, 0.29) is 30.9 Å². The molecule has 0 bridgehead atoms. The number of fused-ring (bicyclic) bond motifs is 3. The second-order valence-corrected chi connectivity index (χ2v) is 9.09. The first-order valence-corrected chi connectivity index (χ1v) is 12.1. The van der Waals surface area contributed by atoms with Gasteiger partial charge in [-0.05, 0) is 47.9 Å². The monoisotopic (exact) mass is 464 g/mol. The summed E-state index contributed by atoms with van der Waals surface area (Å²) in [4.78, 5) is 38.9. The number of benzene rings is 2. The SMILES string of the molecule is CCCC(NC(=O)OCC1c2ccccc2-c2ccccc21)C(=O)N1CCCC[C@@H]1CC(=O)O. The Kier molecular flexibility index (Phi) is 7.50. The lowest BCUT2D eigenvalue weighted by Crippen LogP contribution is -2.54. The van der Waals surface area contributed by atoms with Crippen molar-refractivity contribution < 1.29 is 24.2 Å². The van der Waals surface area contributed by atoms with Crippen LogP contribution in [0.3, 0.4) is 0 Å². The van der Waals surface area contributed by atoms with Gasteiger partial charge in [0.25, 0.3) is 0 Å². The highest BCUT2D eigenvalue weighted by molar-refractivity contribution is 5.86. The first-order valence-electron chi connectivity index (χ1n) is 12.1. The molecule has 7 nitrogen and oxygen atoms in total. The fraction of sp³-hybridized carbons (Fsp3) is 0.444. The third kappa shape index (κ3) is 5.08. The van der Waals surface area contributed by atoms with Crippen LogP contribution >= 0.6 is 0 Å². The summed E-state index contributed by atoms with van der Waals surface area (Å²) in [7, 11) is 0.